The summed E-state index contributed by atoms with van der Waals surface area (Å²) in [6.45, 7) is 11.3. The number of carbonyl (C=O) groups is 2. The van der Waals surface area contributed by atoms with E-state index in [1.165, 1.54) is 0 Å². The highest BCUT2D eigenvalue weighted by molar-refractivity contribution is 8.00. The summed E-state index contributed by atoms with van der Waals surface area (Å²) in [4.78, 5) is 30.9. The molecular weight excluding hydrogens is 494 g/mol. The van der Waals surface area contributed by atoms with Crippen molar-refractivity contribution in [3.63, 3.8) is 0 Å². The van der Waals surface area contributed by atoms with Crippen molar-refractivity contribution in [2.75, 3.05) is 6.26 Å². The number of ether oxygens (including phenoxy) is 1. The fourth-order valence-corrected chi connectivity index (χ4v) is 6.76. The molecule has 0 bridgehead atoms. The van der Waals surface area contributed by atoms with Crippen molar-refractivity contribution < 1.29 is 24.5 Å². The molecule has 0 spiro atoms. The molecule has 3 rings (SSSR count). The fraction of sp³-hybridized carbons (Fsp3) is 0.750. The van der Waals surface area contributed by atoms with Crippen molar-refractivity contribution >= 4 is 40.9 Å². The Bertz CT molecular complexity index is 973. The molecule has 0 radical (unpaired) electrons. The summed E-state index contributed by atoms with van der Waals surface area (Å²) in [5.41, 5.74) is 0.812. The van der Waals surface area contributed by atoms with Gasteiger partial charge < -0.3 is 14.9 Å². The number of thioether (sulfide) groups is 1. The van der Waals surface area contributed by atoms with Gasteiger partial charge >= 0.3 is 5.97 Å². The van der Waals surface area contributed by atoms with Gasteiger partial charge in [0.05, 0.1) is 29.7 Å². The molecule has 202 valence electrons. The Morgan fingerprint density at radius 2 is 1.94 bits per heavy atom. The van der Waals surface area contributed by atoms with Crippen LogP contribution in [0, 0.1) is 28.6 Å². The summed E-state index contributed by atoms with van der Waals surface area (Å²) in [6.07, 6.45) is 6.04. The number of aliphatic hydroxyl groups excluding tert-OH is 2. The van der Waals surface area contributed by atoms with Gasteiger partial charge in [-0.25, -0.2) is 4.98 Å². The number of hydrogen-bond acceptors (Lipinski definition) is 8. The minimum Gasteiger partial charge on any atom is -0.458 e. The molecule has 1 saturated carbocycles. The van der Waals surface area contributed by atoms with E-state index in [9.17, 15) is 19.8 Å². The Morgan fingerprint density at radius 1 is 1.25 bits per heavy atom. The molecule has 7 atom stereocenters. The van der Waals surface area contributed by atoms with Gasteiger partial charge in [0.2, 0.25) is 0 Å². The highest BCUT2D eigenvalue weighted by Crippen LogP contribution is 2.58. The van der Waals surface area contributed by atoms with E-state index in [1.807, 2.05) is 31.6 Å². The number of esters is 1. The van der Waals surface area contributed by atoms with Gasteiger partial charge in [0.15, 0.2) is 0 Å². The zero-order chi connectivity index (χ0) is 26.8. The second kappa shape index (κ2) is 11.7. The Labute approximate surface area is 224 Å². The number of nitrogens with zero attached hydrogens (tertiary/aromatic N) is 1. The van der Waals surface area contributed by atoms with Crippen LogP contribution in [0.2, 0.25) is 0 Å². The van der Waals surface area contributed by atoms with Gasteiger partial charge in [0.25, 0.3) is 0 Å². The van der Waals surface area contributed by atoms with E-state index in [4.69, 9.17) is 4.74 Å². The summed E-state index contributed by atoms with van der Waals surface area (Å²) in [6, 6.07) is 0. The quantitative estimate of drug-likeness (QED) is 0.374. The molecule has 0 unspecified atom stereocenters. The molecule has 2 aliphatic rings. The first-order valence-electron chi connectivity index (χ1n) is 13.1. The first-order valence-corrected chi connectivity index (χ1v) is 15.2. The first kappa shape index (κ1) is 29.3. The van der Waals surface area contributed by atoms with Crippen molar-refractivity contribution in [2.24, 2.45) is 28.6 Å². The summed E-state index contributed by atoms with van der Waals surface area (Å²) < 4.78 is 6.96. The van der Waals surface area contributed by atoms with Crippen molar-refractivity contribution in [3.05, 3.63) is 16.6 Å². The van der Waals surface area contributed by atoms with Gasteiger partial charge in [-0.3, -0.25) is 9.59 Å². The van der Waals surface area contributed by atoms with Crippen molar-refractivity contribution in [1.82, 2.24) is 4.98 Å². The summed E-state index contributed by atoms with van der Waals surface area (Å²) >= 11 is 3.19. The predicted molar refractivity (Wildman–Crippen MR) is 146 cm³/mol. The van der Waals surface area contributed by atoms with Gasteiger partial charge in [0.1, 0.15) is 16.2 Å². The van der Waals surface area contributed by atoms with E-state index in [1.54, 1.807) is 43.9 Å². The van der Waals surface area contributed by atoms with Crippen LogP contribution in [0.5, 0.6) is 0 Å². The largest absolute Gasteiger partial charge is 0.458 e. The summed E-state index contributed by atoms with van der Waals surface area (Å²) in [5.74, 6) is -0.937. The number of aromatic nitrogens is 1. The van der Waals surface area contributed by atoms with Crippen LogP contribution in [-0.4, -0.2) is 51.5 Å². The molecule has 1 aliphatic carbocycles. The molecule has 0 amide bonds. The van der Waals surface area contributed by atoms with Crippen LogP contribution in [-0.2, 0) is 14.3 Å². The lowest BCUT2D eigenvalue weighted by molar-refractivity contribution is -0.154. The molecule has 2 heterocycles. The normalized spacial score (nSPS) is 36.8. The molecule has 1 saturated heterocycles. The standard InChI is InChI=1S/C28H43NO5S2/c1-16-9-8-10-28(6)14-19(28)12-21(17(2)11-20-15-36-26(29-20)35-7)34-23(31)13-22(30)27(4,5)25(33)18(3)24(16)32/h11,15-16,18-19,21-22,24,30,32H,8-10,12-14H2,1-7H3/t16-,18+,19+,21-,22-,24-,28-/m0/s1. The molecule has 36 heavy (non-hydrogen) atoms. The van der Waals surface area contributed by atoms with E-state index in [0.717, 1.165) is 47.7 Å². The third-order valence-electron chi connectivity index (χ3n) is 8.61. The number of cyclic esters (lactones) is 1. The van der Waals surface area contributed by atoms with Crippen LogP contribution < -0.4 is 0 Å². The highest BCUT2D eigenvalue weighted by atomic mass is 32.2. The predicted octanol–water partition coefficient (Wildman–Crippen LogP) is 5.76. The summed E-state index contributed by atoms with van der Waals surface area (Å²) in [7, 11) is 0. The zero-order valence-corrected chi connectivity index (χ0v) is 24.4. The molecule has 1 aliphatic heterocycles. The number of fused-ring (bicyclic) bond motifs is 1. The van der Waals surface area contributed by atoms with Crippen LogP contribution in [0.1, 0.15) is 85.8 Å². The van der Waals surface area contributed by atoms with Crippen molar-refractivity contribution in [1.29, 1.82) is 0 Å². The third-order valence-corrected chi connectivity index (χ3v) is 10.5. The highest BCUT2D eigenvalue weighted by Gasteiger charge is 2.50. The van der Waals surface area contributed by atoms with Gasteiger partial charge in [0, 0.05) is 11.3 Å². The minimum atomic E-state index is -1.20. The lowest BCUT2D eigenvalue weighted by Gasteiger charge is -2.34. The van der Waals surface area contributed by atoms with Gasteiger partial charge in [-0.2, -0.15) is 0 Å². The number of carbonyl (C=O) groups excluding carboxylic acids is 2. The Balaban J connectivity index is 1.85. The second-order valence-corrected chi connectivity index (χ2v) is 13.8. The number of rotatable bonds is 3. The fourth-order valence-electron chi connectivity index (χ4n) is 5.54. The lowest BCUT2D eigenvalue weighted by Crippen LogP contribution is -2.45. The van der Waals surface area contributed by atoms with E-state index in [-0.39, 0.29) is 23.5 Å². The smallest absolute Gasteiger partial charge is 0.309 e. The topological polar surface area (TPSA) is 96.7 Å². The maximum Gasteiger partial charge on any atom is 0.309 e. The molecule has 2 fully saturated rings. The zero-order valence-electron chi connectivity index (χ0n) is 22.7. The summed E-state index contributed by atoms with van der Waals surface area (Å²) in [5, 5.41) is 23.8. The van der Waals surface area contributed by atoms with E-state index >= 15 is 0 Å². The Morgan fingerprint density at radius 3 is 2.58 bits per heavy atom. The van der Waals surface area contributed by atoms with E-state index in [0.29, 0.717) is 5.92 Å². The number of Topliss-reactive ketones (excluding diaryl/α,β-unsaturated/α-hetero) is 1. The van der Waals surface area contributed by atoms with Crippen LogP contribution in [0.3, 0.4) is 0 Å². The van der Waals surface area contributed by atoms with Crippen LogP contribution in [0.15, 0.2) is 15.3 Å². The van der Waals surface area contributed by atoms with E-state index < -0.39 is 35.6 Å². The Hall–Kier alpha value is -1.22. The van der Waals surface area contributed by atoms with Gasteiger partial charge in [-0.15, -0.1) is 11.3 Å². The van der Waals surface area contributed by atoms with Crippen LogP contribution in [0.4, 0.5) is 0 Å². The molecule has 8 heteroatoms. The van der Waals surface area contributed by atoms with Crippen molar-refractivity contribution in [3.8, 4) is 0 Å². The second-order valence-electron chi connectivity index (χ2n) is 11.9. The first-order chi connectivity index (χ1) is 16.8. The number of aliphatic hydroxyl groups is 2. The maximum atomic E-state index is 13.3. The molecular formula is C28H43NO5S2. The number of hydrogen-bond donors (Lipinski definition) is 2. The van der Waals surface area contributed by atoms with E-state index in [2.05, 4.69) is 11.9 Å². The van der Waals surface area contributed by atoms with Crippen LogP contribution >= 0.6 is 23.1 Å². The average Bonchev–Trinajstić information content (AvgIpc) is 3.23. The van der Waals surface area contributed by atoms with Gasteiger partial charge in [-0.1, -0.05) is 52.8 Å². The minimum absolute atomic E-state index is 0.0159. The third kappa shape index (κ3) is 6.80. The lowest BCUT2D eigenvalue weighted by atomic mass is 9.73. The monoisotopic (exact) mass is 537 g/mol. The average molecular weight is 538 g/mol. The molecule has 0 aromatic carbocycles. The van der Waals surface area contributed by atoms with Crippen LogP contribution in [0.25, 0.3) is 6.08 Å². The van der Waals surface area contributed by atoms with Gasteiger partial charge in [-0.05, 0) is 67.8 Å². The molecule has 6 nitrogen and oxygen atoms in total. The number of thiazole rings is 1. The Kier molecular flexibility index (Phi) is 9.51. The van der Waals surface area contributed by atoms with Crippen molar-refractivity contribution in [2.45, 2.75) is 103 Å². The maximum absolute atomic E-state index is 13.3. The SMILES string of the molecule is CSc1nc(C=C(C)[C@@H]2C[C@@H]3C[C@]3(C)CCC[C@H](C)[C@H](O)[C@@H](C)C(=O)C(C)(C)[C@@H](O)CC(=O)O2)cs1. The molecule has 1 aromatic rings. The molecule has 2 N–H and O–H groups in total. The molecule has 1 aromatic heterocycles. The number of ketones is 1.